The third-order valence-corrected chi connectivity index (χ3v) is 4.86. The highest BCUT2D eigenvalue weighted by atomic mass is 35.5. The van der Waals surface area contributed by atoms with E-state index in [1.807, 2.05) is 35.2 Å². The molecular weight excluding hydrogens is 340 g/mol. The zero-order valence-electron chi connectivity index (χ0n) is 14.1. The molecule has 1 N–H and O–H groups in total. The third kappa shape index (κ3) is 3.86. The molecule has 1 aromatic carbocycles. The van der Waals surface area contributed by atoms with E-state index in [0.717, 1.165) is 51.3 Å². The quantitative estimate of drug-likeness (QED) is 0.903. The van der Waals surface area contributed by atoms with Gasteiger partial charge in [0.15, 0.2) is 5.69 Å². The van der Waals surface area contributed by atoms with Gasteiger partial charge in [-0.2, -0.15) is 0 Å². The van der Waals surface area contributed by atoms with E-state index < -0.39 is 0 Å². The van der Waals surface area contributed by atoms with Crippen LogP contribution in [0.4, 0.5) is 0 Å². The molecule has 25 heavy (non-hydrogen) atoms. The van der Waals surface area contributed by atoms with Crippen LogP contribution in [0.3, 0.4) is 0 Å². The summed E-state index contributed by atoms with van der Waals surface area (Å²) in [5.41, 5.74) is 1.28. The summed E-state index contributed by atoms with van der Waals surface area (Å²) in [6, 6.07) is 10.1. The zero-order chi connectivity index (χ0) is 16.4. The van der Waals surface area contributed by atoms with Crippen LogP contribution in [-0.4, -0.2) is 66.0 Å². The van der Waals surface area contributed by atoms with Crippen molar-refractivity contribution in [1.29, 1.82) is 0 Å². The smallest absolute Gasteiger partial charge is 0.275 e. The topological polar surface area (TPSA) is 61.6 Å². The predicted molar refractivity (Wildman–Crippen MR) is 97.9 cm³/mol. The normalized spacial score (nSPS) is 21.1. The number of carbonyl (C=O) groups is 1. The molecule has 1 unspecified atom stereocenters. The van der Waals surface area contributed by atoms with Crippen LogP contribution in [0.25, 0.3) is 11.5 Å². The Labute approximate surface area is 153 Å². The van der Waals surface area contributed by atoms with Gasteiger partial charge in [-0.1, -0.05) is 18.2 Å². The molecule has 1 aromatic heterocycles. The highest BCUT2D eigenvalue weighted by Crippen LogP contribution is 2.21. The number of rotatable bonds is 3. The van der Waals surface area contributed by atoms with Crippen molar-refractivity contribution < 1.29 is 9.21 Å². The van der Waals surface area contributed by atoms with E-state index in [1.54, 1.807) is 0 Å². The first kappa shape index (κ1) is 17.9. The molecule has 1 atom stereocenters. The SMILES string of the molecule is Cl.O=C(c1coc(-c2ccccc2)n1)N1CCC(N2CCNCC2)C1. The molecular formula is C18H23ClN4O2. The first-order valence-electron chi connectivity index (χ1n) is 8.56. The molecule has 7 heteroatoms. The van der Waals surface area contributed by atoms with E-state index in [2.05, 4.69) is 15.2 Å². The summed E-state index contributed by atoms with van der Waals surface area (Å²) in [7, 11) is 0. The second kappa shape index (κ2) is 7.99. The maximum absolute atomic E-state index is 12.7. The molecule has 2 aliphatic heterocycles. The number of halogens is 1. The summed E-state index contributed by atoms with van der Waals surface area (Å²) in [4.78, 5) is 21.5. The van der Waals surface area contributed by atoms with Crippen molar-refractivity contribution >= 4 is 18.3 Å². The van der Waals surface area contributed by atoms with Crippen LogP contribution in [0, 0.1) is 0 Å². The van der Waals surface area contributed by atoms with Gasteiger partial charge < -0.3 is 14.6 Å². The minimum atomic E-state index is -0.0291. The molecule has 2 saturated heterocycles. The van der Waals surface area contributed by atoms with Crippen molar-refractivity contribution in [2.75, 3.05) is 39.3 Å². The van der Waals surface area contributed by atoms with Crippen molar-refractivity contribution in [1.82, 2.24) is 20.1 Å². The standard InChI is InChI=1S/C18H22N4O2.ClH/c23-18(16-13-24-17(20-16)14-4-2-1-3-5-14)22-9-6-15(12-22)21-10-7-19-8-11-21;/h1-5,13,15,19H,6-12H2;1H. The lowest BCUT2D eigenvalue weighted by Crippen LogP contribution is -2.49. The number of aromatic nitrogens is 1. The average molecular weight is 363 g/mol. The third-order valence-electron chi connectivity index (χ3n) is 4.86. The van der Waals surface area contributed by atoms with Crippen molar-refractivity contribution in [3.63, 3.8) is 0 Å². The Bertz CT molecular complexity index is 700. The number of amides is 1. The molecule has 0 aliphatic carbocycles. The van der Waals surface area contributed by atoms with Crippen molar-refractivity contribution in [2.24, 2.45) is 0 Å². The van der Waals surface area contributed by atoms with Gasteiger partial charge in [-0.15, -0.1) is 12.4 Å². The van der Waals surface area contributed by atoms with Crippen LogP contribution in [0.5, 0.6) is 0 Å². The number of nitrogens with one attached hydrogen (secondary N) is 1. The fourth-order valence-electron chi connectivity index (χ4n) is 3.52. The van der Waals surface area contributed by atoms with Crippen molar-refractivity contribution in [2.45, 2.75) is 12.5 Å². The highest BCUT2D eigenvalue weighted by Gasteiger charge is 2.32. The van der Waals surface area contributed by atoms with Gasteiger partial charge in [-0.3, -0.25) is 9.69 Å². The number of hydrogen-bond donors (Lipinski definition) is 1. The lowest BCUT2D eigenvalue weighted by molar-refractivity contribution is 0.0767. The van der Waals surface area contributed by atoms with Crippen LogP contribution >= 0.6 is 12.4 Å². The lowest BCUT2D eigenvalue weighted by atomic mass is 10.2. The Morgan fingerprint density at radius 2 is 1.92 bits per heavy atom. The monoisotopic (exact) mass is 362 g/mol. The minimum absolute atomic E-state index is 0. The molecule has 0 saturated carbocycles. The molecule has 0 radical (unpaired) electrons. The summed E-state index contributed by atoms with van der Waals surface area (Å²) in [5, 5.41) is 3.37. The molecule has 3 heterocycles. The average Bonchev–Trinajstić information content (AvgIpc) is 3.33. The van der Waals surface area contributed by atoms with Gasteiger partial charge in [0.05, 0.1) is 0 Å². The number of oxazole rings is 1. The van der Waals surface area contributed by atoms with E-state index in [0.29, 0.717) is 17.6 Å². The molecule has 2 fully saturated rings. The number of benzene rings is 1. The van der Waals surface area contributed by atoms with Crippen LogP contribution in [0.15, 0.2) is 41.0 Å². The number of hydrogen-bond acceptors (Lipinski definition) is 5. The lowest BCUT2D eigenvalue weighted by Gasteiger charge is -2.32. The number of nitrogens with zero attached hydrogens (tertiary/aromatic N) is 3. The number of likely N-dealkylation sites (tertiary alicyclic amines) is 1. The first-order chi connectivity index (χ1) is 11.8. The Balaban J connectivity index is 0.00000182. The Kier molecular flexibility index (Phi) is 5.73. The minimum Gasteiger partial charge on any atom is -0.444 e. The summed E-state index contributed by atoms with van der Waals surface area (Å²) in [6.45, 7) is 5.78. The molecule has 4 rings (SSSR count). The van der Waals surface area contributed by atoms with Gasteiger partial charge in [-0.05, 0) is 18.6 Å². The van der Waals surface area contributed by atoms with E-state index in [1.165, 1.54) is 6.26 Å². The molecule has 0 bridgehead atoms. The summed E-state index contributed by atoms with van der Waals surface area (Å²) >= 11 is 0. The van der Waals surface area contributed by atoms with Gasteiger partial charge in [-0.25, -0.2) is 4.98 Å². The number of carbonyl (C=O) groups excluding carboxylic acids is 1. The zero-order valence-corrected chi connectivity index (χ0v) is 14.9. The first-order valence-corrected chi connectivity index (χ1v) is 8.56. The molecule has 2 aromatic rings. The second-order valence-corrected chi connectivity index (χ2v) is 6.38. The van der Waals surface area contributed by atoms with Gasteiger partial charge >= 0.3 is 0 Å². The molecule has 6 nitrogen and oxygen atoms in total. The van der Waals surface area contributed by atoms with Crippen molar-refractivity contribution in [3.05, 3.63) is 42.3 Å². The number of piperazine rings is 1. The van der Waals surface area contributed by atoms with E-state index in [9.17, 15) is 4.79 Å². The second-order valence-electron chi connectivity index (χ2n) is 6.38. The van der Waals surface area contributed by atoms with E-state index in [-0.39, 0.29) is 18.3 Å². The fourth-order valence-corrected chi connectivity index (χ4v) is 3.52. The maximum atomic E-state index is 12.7. The van der Waals surface area contributed by atoms with Crippen LogP contribution in [-0.2, 0) is 0 Å². The van der Waals surface area contributed by atoms with Crippen LogP contribution in [0.1, 0.15) is 16.9 Å². The molecule has 134 valence electrons. The van der Waals surface area contributed by atoms with Crippen molar-refractivity contribution in [3.8, 4) is 11.5 Å². The van der Waals surface area contributed by atoms with Crippen LogP contribution < -0.4 is 5.32 Å². The Morgan fingerprint density at radius 1 is 1.16 bits per heavy atom. The Hall–Kier alpha value is -1.89. The van der Waals surface area contributed by atoms with E-state index in [4.69, 9.17) is 4.42 Å². The van der Waals surface area contributed by atoms with Gasteiger partial charge in [0.1, 0.15) is 6.26 Å². The van der Waals surface area contributed by atoms with Gasteiger partial charge in [0.2, 0.25) is 5.89 Å². The summed E-state index contributed by atoms with van der Waals surface area (Å²) in [5.74, 6) is 0.468. The molecule has 1 amide bonds. The molecule has 0 spiro atoms. The van der Waals surface area contributed by atoms with Gasteiger partial charge in [0.25, 0.3) is 5.91 Å². The van der Waals surface area contributed by atoms with Crippen LogP contribution in [0.2, 0.25) is 0 Å². The largest absolute Gasteiger partial charge is 0.444 e. The summed E-state index contributed by atoms with van der Waals surface area (Å²) < 4.78 is 5.50. The predicted octanol–water partition coefficient (Wildman–Crippen LogP) is 1.88. The van der Waals surface area contributed by atoms with Gasteiger partial charge in [0, 0.05) is 50.9 Å². The Morgan fingerprint density at radius 3 is 2.68 bits per heavy atom. The van der Waals surface area contributed by atoms with E-state index >= 15 is 0 Å². The summed E-state index contributed by atoms with van der Waals surface area (Å²) in [6.07, 6.45) is 2.51. The molecule has 2 aliphatic rings. The highest BCUT2D eigenvalue weighted by molar-refractivity contribution is 5.92. The fraction of sp³-hybridized carbons (Fsp3) is 0.444. The maximum Gasteiger partial charge on any atom is 0.275 e.